The van der Waals surface area contributed by atoms with Crippen LogP contribution in [0.5, 0.6) is 0 Å². The number of carbonyl (C=O) groups excluding carboxylic acids is 1. The fraction of sp³-hybridized carbons (Fsp3) is 0.438. The van der Waals surface area contributed by atoms with Gasteiger partial charge < -0.3 is 15.2 Å². The first kappa shape index (κ1) is 17.7. The number of urea groups is 1. The van der Waals surface area contributed by atoms with Gasteiger partial charge in [-0.15, -0.1) is 12.4 Å². The minimum absolute atomic E-state index is 0. The number of anilines is 1. The summed E-state index contributed by atoms with van der Waals surface area (Å²) >= 11 is 0. The van der Waals surface area contributed by atoms with Crippen molar-refractivity contribution in [2.75, 3.05) is 44.7 Å². The summed E-state index contributed by atoms with van der Waals surface area (Å²) in [6, 6.07) is 7.68. The van der Waals surface area contributed by atoms with Crippen molar-refractivity contribution in [1.82, 2.24) is 25.7 Å². The molecule has 0 bridgehead atoms. The molecule has 2 saturated heterocycles. The minimum atomic E-state index is -0.0596. The van der Waals surface area contributed by atoms with Gasteiger partial charge in [-0.05, 0) is 31.3 Å². The van der Waals surface area contributed by atoms with E-state index >= 15 is 0 Å². The topological polar surface area (TPSA) is 86.5 Å². The number of amides is 2. The maximum absolute atomic E-state index is 11.7. The lowest BCUT2D eigenvalue weighted by atomic mass is 10.2. The van der Waals surface area contributed by atoms with Crippen LogP contribution in [0.3, 0.4) is 0 Å². The van der Waals surface area contributed by atoms with Crippen molar-refractivity contribution in [2.45, 2.75) is 6.04 Å². The highest BCUT2D eigenvalue weighted by Gasteiger charge is 2.26. The van der Waals surface area contributed by atoms with Gasteiger partial charge in [-0.25, -0.2) is 4.79 Å². The Morgan fingerprint density at radius 3 is 2.68 bits per heavy atom. The third-order valence-corrected chi connectivity index (χ3v) is 4.53. The molecule has 2 aliphatic heterocycles. The number of hydrogen-bond acceptors (Lipinski definition) is 6. The van der Waals surface area contributed by atoms with E-state index in [9.17, 15) is 4.79 Å². The van der Waals surface area contributed by atoms with Crippen LogP contribution in [-0.2, 0) is 0 Å². The minimum Gasteiger partial charge on any atom is -0.336 e. The van der Waals surface area contributed by atoms with Crippen LogP contribution in [0.15, 0.2) is 28.8 Å². The third kappa shape index (κ3) is 3.46. The van der Waals surface area contributed by atoms with Crippen molar-refractivity contribution in [2.24, 2.45) is 0 Å². The maximum Gasteiger partial charge on any atom is 0.321 e. The summed E-state index contributed by atoms with van der Waals surface area (Å²) in [5.41, 5.74) is 1.72. The number of hydrogen-bond donors (Lipinski definition) is 2. The predicted octanol–water partition coefficient (Wildman–Crippen LogP) is 1.26. The first-order valence-corrected chi connectivity index (χ1v) is 8.13. The summed E-state index contributed by atoms with van der Waals surface area (Å²) < 4.78 is 5.43. The highest BCUT2D eigenvalue weighted by molar-refractivity contribution is 5.94. The zero-order chi connectivity index (χ0) is 16.5. The number of rotatable bonds is 3. The number of nitrogens with zero attached hydrogens (tertiary/aromatic N) is 4. The molecule has 1 unspecified atom stereocenters. The molecule has 2 fully saturated rings. The molecule has 9 heteroatoms. The molecule has 4 rings (SSSR count). The number of likely N-dealkylation sites (N-methyl/N-ethyl adjacent to an activating group) is 1. The molecule has 2 N–H and O–H groups in total. The molecule has 25 heavy (non-hydrogen) atoms. The van der Waals surface area contributed by atoms with Crippen LogP contribution in [-0.4, -0.2) is 60.8 Å². The molecule has 2 aromatic rings. The van der Waals surface area contributed by atoms with E-state index in [4.69, 9.17) is 4.52 Å². The second-order valence-corrected chi connectivity index (χ2v) is 6.09. The second kappa shape index (κ2) is 7.38. The number of aromatic nitrogens is 2. The fourth-order valence-electron chi connectivity index (χ4n) is 3.08. The molecule has 0 aliphatic carbocycles. The molecule has 2 amide bonds. The average molecular weight is 365 g/mol. The summed E-state index contributed by atoms with van der Waals surface area (Å²) in [5.74, 6) is 1.20. The molecule has 0 radical (unpaired) electrons. The number of benzene rings is 1. The van der Waals surface area contributed by atoms with Gasteiger partial charge in [0.25, 0.3) is 5.89 Å². The Hall–Kier alpha value is -2.16. The lowest BCUT2D eigenvalue weighted by Gasteiger charge is -2.30. The molecule has 1 aromatic carbocycles. The van der Waals surface area contributed by atoms with Crippen molar-refractivity contribution in [3.8, 4) is 11.5 Å². The lowest BCUT2D eigenvalue weighted by Crippen LogP contribution is -2.44. The van der Waals surface area contributed by atoms with E-state index in [1.54, 1.807) is 4.90 Å². The van der Waals surface area contributed by atoms with Crippen LogP contribution in [0.4, 0.5) is 10.5 Å². The molecule has 134 valence electrons. The SMILES string of the molecule is CN1CCNCC1c1noc(-c2ccc(N3CCNC3=O)cc2)n1.Cl. The van der Waals surface area contributed by atoms with E-state index in [1.807, 2.05) is 24.3 Å². The van der Waals surface area contributed by atoms with E-state index in [0.717, 1.165) is 30.9 Å². The van der Waals surface area contributed by atoms with Gasteiger partial charge >= 0.3 is 6.03 Å². The number of halogens is 1. The molecule has 0 spiro atoms. The van der Waals surface area contributed by atoms with E-state index in [-0.39, 0.29) is 24.5 Å². The van der Waals surface area contributed by atoms with Crippen molar-refractivity contribution >= 4 is 24.1 Å². The molecule has 0 saturated carbocycles. The summed E-state index contributed by atoms with van der Waals surface area (Å²) in [4.78, 5) is 20.2. The number of piperazine rings is 1. The van der Waals surface area contributed by atoms with Crippen molar-refractivity contribution in [3.05, 3.63) is 30.1 Å². The molecular formula is C16H21ClN6O2. The first-order chi connectivity index (χ1) is 11.7. The van der Waals surface area contributed by atoms with E-state index in [0.29, 0.717) is 24.8 Å². The monoisotopic (exact) mass is 364 g/mol. The first-order valence-electron chi connectivity index (χ1n) is 8.13. The van der Waals surface area contributed by atoms with Crippen molar-refractivity contribution < 1.29 is 9.32 Å². The Morgan fingerprint density at radius 2 is 2.00 bits per heavy atom. The predicted molar refractivity (Wildman–Crippen MR) is 96.0 cm³/mol. The Morgan fingerprint density at radius 1 is 1.20 bits per heavy atom. The molecule has 8 nitrogen and oxygen atoms in total. The molecule has 3 heterocycles. The highest BCUT2D eigenvalue weighted by atomic mass is 35.5. The lowest BCUT2D eigenvalue weighted by molar-refractivity contribution is 0.190. The van der Waals surface area contributed by atoms with E-state index < -0.39 is 0 Å². The molecule has 2 aliphatic rings. The Labute approximate surface area is 152 Å². The van der Waals surface area contributed by atoms with Gasteiger partial charge in [0, 0.05) is 44.0 Å². The van der Waals surface area contributed by atoms with Crippen LogP contribution < -0.4 is 15.5 Å². The Balaban J connectivity index is 0.00000182. The highest BCUT2D eigenvalue weighted by Crippen LogP contribution is 2.25. The van der Waals surface area contributed by atoms with E-state index in [1.165, 1.54) is 0 Å². The maximum atomic E-state index is 11.7. The van der Waals surface area contributed by atoms with Crippen LogP contribution in [0.25, 0.3) is 11.5 Å². The van der Waals surface area contributed by atoms with Crippen molar-refractivity contribution in [1.29, 1.82) is 0 Å². The van der Waals surface area contributed by atoms with Gasteiger partial charge in [0.05, 0.1) is 6.04 Å². The van der Waals surface area contributed by atoms with Crippen LogP contribution >= 0.6 is 12.4 Å². The molecular weight excluding hydrogens is 344 g/mol. The third-order valence-electron chi connectivity index (χ3n) is 4.53. The number of carbonyl (C=O) groups is 1. The Bertz CT molecular complexity index is 734. The summed E-state index contributed by atoms with van der Waals surface area (Å²) in [7, 11) is 2.07. The largest absolute Gasteiger partial charge is 0.336 e. The molecule has 1 atom stereocenters. The second-order valence-electron chi connectivity index (χ2n) is 6.09. The smallest absolute Gasteiger partial charge is 0.321 e. The van der Waals surface area contributed by atoms with Gasteiger partial charge in [-0.2, -0.15) is 4.98 Å². The van der Waals surface area contributed by atoms with Crippen LogP contribution in [0.1, 0.15) is 11.9 Å². The van der Waals surface area contributed by atoms with Gasteiger partial charge in [0.15, 0.2) is 5.82 Å². The summed E-state index contributed by atoms with van der Waals surface area (Å²) in [5, 5.41) is 10.3. The average Bonchev–Trinajstić information content (AvgIpc) is 3.25. The van der Waals surface area contributed by atoms with Gasteiger partial charge in [-0.1, -0.05) is 5.16 Å². The zero-order valence-corrected chi connectivity index (χ0v) is 14.8. The van der Waals surface area contributed by atoms with Crippen molar-refractivity contribution in [3.63, 3.8) is 0 Å². The van der Waals surface area contributed by atoms with Crippen LogP contribution in [0.2, 0.25) is 0 Å². The van der Waals surface area contributed by atoms with Gasteiger partial charge in [0.1, 0.15) is 0 Å². The van der Waals surface area contributed by atoms with Gasteiger partial charge in [-0.3, -0.25) is 9.80 Å². The number of nitrogens with one attached hydrogen (secondary N) is 2. The van der Waals surface area contributed by atoms with Crippen LogP contribution in [0, 0.1) is 0 Å². The van der Waals surface area contributed by atoms with Gasteiger partial charge in [0.2, 0.25) is 0 Å². The molecule has 1 aromatic heterocycles. The standard InChI is InChI=1S/C16H20N6O2.ClH/c1-21-8-6-17-10-13(21)14-19-15(24-20-14)11-2-4-12(5-3-11)22-9-7-18-16(22)23;/h2-5,13,17H,6-10H2,1H3,(H,18,23);1H. The normalized spacial score (nSPS) is 21.1. The summed E-state index contributed by atoms with van der Waals surface area (Å²) in [6.07, 6.45) is 0. The fourth-order valence-corrected chi connectivity index (χ4v) is 3.08. The quantitative estimate of drug-likeness (QED) is 0.852. The van der Waals surface area contributed by atoms with E-state index in [2.05, 4.69) is 32.7 Å². The Kier molecular flexibility index (Phi) is 5.22. The summed E-state index contributed by atoms with van der Waals surface area (Å²) in [6.45, 7) is 4.11. The zero-order valence-electron chi connectivity index (χ0n) is 13.9.